The third-order valence-electron chi connectivity index (χ3n) is 3.99. The zero-order valence-corrected chi connectivity index (χ0v) is 12.2. The van der Waals surface area contributed by atoms with Gasteiger partial charge in [-0.25, -0.2) is 0 Å². The molecule has 0 fully saturated rings. The van der Waals surface area contributed by atoms with Gasteiger partial charge in [-0.2, -0.15) is 0 Å². The van der Waals surface area contributed by atoms with Gasteiger partial charge in [-0.1, -0.05) is 24.6 Å². The molecule has 2 aromatic heterocycles. The maximum atomic E-state index is 4.25. The summed E-state index contributed by atoms with van der Waals surface area (Å²) in [4.78, 5) is 0. The van der Waals surface area contributed by atoms with Crippen molar-refractivity contribution in [3.05, 3.63) is 41.9 Å². The molecule has 0 bridgehead atoms. The third-order valence-corrected chi connectivity index (χ3v) is 3.99. The Hall–Kier alpha value is -1.68. The molecule has 20 heavy (non-hydrogen) atoms. The minimum atomic E-state index is 0.712. The molecule has 1 N–H and O–H groups in total. The number of hydrogen-bond acceptors (Lipinski definition) is 3. The standard InChI is InChI=1S/C16H22N4/c1-12-7-13(2)9-14(8-12)10-17-11-16-19-18-15-5-3-4-6-20(15)16/h3-7,12,14,17H,8-11H2,1-2H3. The van der Waals surface area contributed by atoms with Crippen molar-refractivity contribution < 1.29 is 0 Å². The lowest BCUT2D eigenvalue weighted by molar-refractivity contribution is 0.379. The van der Waals surface area contributed by atoms with E-state index in [9.17, 15) is 0 Å². The minimum absolute atomic E-state index is 0.712. The fourth-order valence-corrected chi connectivity index (χ4v) is 3.24. The summed E-state index contributed by atoms with van der Waals surface area (Å²) in [6.07, 6.45) is 6.92. The van der Waals surface area contributed by atoms with Crippen molar-refractivity contribution in [3.8, 4) is 0 Å². The molecule has 2 atom stereocenters. The van der Waals surface area contributed by atoms with Crippen LogP contribution < -0.4 is 5.32 Å². The summed E-state index contributed by atoms with van der Waals surface area (Å²) >= 11 is 0. The second kappa shape index (κ2) is 5.75. The second-order valence-electron chi connectivity index (χ2n) is 5.97. The van der Waals surface area contributed by atoms with Crippen molar-refractivity contribution >= 4 is 5.65 Å². The maximum Gasteiger partial charge on any atom is 0.160 e. The molecule has 2 heterocycles. The Labute approximate surface area is 119 Å². The summed E-state index contributed by atoms with van der Waals surface area (Å²) in [5.74, 6) is 2.44. The number of nitrogens with one attached hydrogen (secondary N) is 1. The van der Waals surface area contributed by atoms with Crippen LogP contribution in [0.25, 0.3) is 5.65 Å². The molecule has 2 unspecified atom stereocenters. The molecule has 2 aromatic rings. The Morgan fingerprint density at radius 1 is 1.35 bits per heavy atom. The fraction of sp³-hybridized carbons (Fsp3) is 0.500. The minimum Gasteiger partial charge on any atom is -0.310 e. The molecule has 4 heteroatoms. The van der Waals surface area contributed by atoms with Crippen LogP contribution in [0.4, 0.5) is 0 Å². The first-order chi connectivity index (χ1) is 9.72. The van der Waals surface area contributed by atoms with Crippen molar-refractivity contribution in [1.29, 1.82) is 0 Å². The van der Waals surface area contributed by atoms with Crippen LogP contribution in [0.15, 0.2) is 36.0 Å². The van der Waals surface area contributed by atoms with Crippen molar-refractivity contribution in [2.24, 2.45) is 11.8 Å². The van der Waals surface area contributed by atoms with E-state index < -0.39 is 0 Å². The average Bonchev–Trinajstić information content (AvgIpc) is 2.81. The number of hydrogen-bond donors (Lipinski definition) is 1. The highest BCUT2D eigenvalue weighted by molar-refractivity contribution is 5.36. The number of pyridine rings is 1. The van der Waals surface area contributed by atoms with Gasteiger partial charge in [0.15, 0.2) is 11.5 Å². The Kier molecular flexibility index (Phi) is 3.83. The van der Waals surface area contributed by atoms with Crippen molar-refractivity contribution in [1.82, 2.24) is 19.9 Å². The third kappa shape index (κ3) is 2.90. The van der Waals surface area contributed by atoms with Gasteiger partial charge in [0.25, 0.3) is 0 Å². The highest BCUT2D eigenvalue weighted by Crippen LogP contribution is 2.27. The van der Waals surface area contributed by atoms with Crippen LogP contribution in [0, 0.1) is 11.8 Å². The summed E-state index contributed by atoms with van der Waals surface area (Å²) in [6, 6.07) is 5.98. The topological polar surface area (TPSA) is 42.2 Å². The highest BCUT2D eigenvalue weighted by Gasteiger charge is 2.17. The quantitative estimate of drug-likeness (QED) is 0.869. The molecule has 0 spiro atoms. The van der Waals surface area contributed by atoms with Crippen LogP contribution in [0.2, 0.25) is 0 Å². The molecule has 0 radical (unpaired) electrons. The lowest BCUT2D eigenvalue weighted by Gasteiger charge is -2.25. The van der Waals surface area contributed by atoms with E-state index in [4.69, 9.17) is 0 Å². The normalized spacial score (nSPS) is 23.0. The largest absolute Gasteiger partial charge is 0.310 e. The van der Waals surface area contributed by atoms with Gasteiger partial charge in [0.2, 0.25) is 0 Å². The molecular weight excluding hydrogens is 248 g/mol. The summed E-state index contributed by atoms with van der Waals surface area (Å²) in [6.45, 7) is 6.38. The lowest BCUT2D eigenvalue weighted by atomic mass is 9.84. The van der Waals surface area contributed by atoms with Crippen LogP contribution in [0.3, 0.4) is 0 Å². The smallest absolute Gasteiger partial charge is 0.160 e. The molecule has 1 aliphatic carbocycles. The maximum absolute atomic E-state index is 4.25. The van der Waals surface area contributed by atoms with Gasteiger partial charge >= 0.3 is 0 Å². The predicted molar refractivity (Wildman–Crippen MR) is 80.3 cm³/mol. The Bertz CT molecular complexity index is 614. The van der Waals surface area contributed by atoms with E-state index in [1.165, 1.54) is 18.4 Å². The molecule has 3 rings (SSSR count). The first-order valence-corrected chi connectivity index (χ1v) is 7.39. The number of rotatable bonds is 4. The second-order valence-corrected chi connectivity index (χ2v) is 5.97. The van der Waals surface area contributed by atoms with Crippen LogP contribution in [0.1, 0.15) is 32.5 Å². The molecular formula is C16H22N4. The van der Waals surface area contributed by atoms with Crippen LogP contribution >= 0.6 is 0 Å². The van der Waals surface area contributed by atoms with E-state index in [2.05, 4.69) is 35.4 Å². The molecule has 0 amide bonds. The van der Waals surface area contributed by atoms with Gasteiger partial charge in [-0.15, -0.1) is 10.2 Å². The Balaban J connectivity index is 1.57. The van der Waals surface area contributed by atoms with Gasteiger partial charge in [0.05, 0.1) is 6.54 Å². The van der Waals surface area contributed by atoms with Crippen molar-refractivity contribution in [3.63, 3.8) is 0 Å². The zero-order valence-electron chi connectivity index (χ0n) is 12.2. The molecule has 4 nitrogen and oxygen atoms in total. The average molecular weight is 270 g/mol. The van der Waals surface area contributed by atoms with Gasteiger partial charge < -0.3 is 5.32 Å². The van der Waals surface area contributed by atoms with E-state index in [0.717, 1.165) is 30.5 Å². The highest BCUT2D eigenvalue weighted by atomic mass is 15.3. The van der Waals surface area contributed by atoms with E-state index in [0.29, 0.717) is 5.92 Å². The van der Waals surface area contributed by atoms with Crippen LogP contribution in [-0.4, -0.2) is 21.1 Å². The van der Waals surface area contributed by atoms with Gasteiger partial charge in [0, 0.05) is 6.20 Å². The van der Waals surface area contributed by atoms with Crippen LogP contribution in [-0.2, 0) is 6.54 Å². The van der Waals surface area contributed by atoms with E-state index in [1.54, 1.807) is 0 Å². The van der Waals surface area contributed by atoms with Gasteiger partial charge in [-0.3, -0.25) is 4.40 Å². The monoisotopic (exact) mass is 270 g/mol. The summed E-state index contributed by atoms with van der Waals surface area (Å²) < 4.78 is 2.04. The van der Waals surface area contributed by atoms with E-state index >= 15 is 0 Å². The van der Waals surface area contributed by atoms with E-state index in [1.807, 2.05) is 28.8 Å². The SMILES string of the molecule is CC1=CC(C)CC(CNCc2nnc3ccccn23)C1. The van der Waals surface area contributed by atoms with Crippen molar-refractivity contribution in [2.75, 3.05) is 6.54 Å². The van der Waals surface area contributed by atoms with E-state index in [-0.39, 0.29) is 0 Å². The lowest BCUT2D eigenvalue weighted by Crippen LogP contribution is -2.26. The number of nitrogens with zero attached hydrogens (tertiary/aromatic N) is 3. The van der Waals surface area contributed by atoms with Crippen LogP contribution in [0.5, 0.6) is 0 Å². The molecule has 0 aromatic carbocycles. The Morgan fingerprint density at radius 2 is 2.25 bits per heavy atom. The summed E-state index contributed by atoms with van der Waals surface area (Å²) in [5, 5.41) is 12.0. The predicted octanol–water partition coefficient (Wildman–Crippen LogP) is 2.81. The molecule has 106 valence electrons. The number of fused-ring (bicyclic) bond motifs is 1. The fourth-order valence-electron chi connectivity index (χ4n) is 3.24. The van der Waals surface area contributed by atoms with Crippen molar-refractivity contribution in [2.45, 2.75) is 33.2 Å². The van der Waals surface area contributed by atoms with Gasteiger partial charge in [-0.05, 0) is 50.3 Å². The van der Waals surface area contributed by atoms with Gasteiger partial charge in [0.1, 0.15) is 0 Å². The molecule has 0 aliphatic heterocycles. The molecule has 0 saturated heterocycles. The Morgan fingerprint density at radius 3 is 3.10 bits per heavy atom. The summed E-state index contributed by atoms with van der Waals surface area (Å²) in [7, 11) is 0. The zero-order chi connectivity index (χ0) is 13.9. The molecule has 0 saturated carbocycles. The first-order valence-electron chi connectivity index (χ1n) is 7.39. The number of aromatic nitrogens is 3. The number of allylic oxidation sites excluding steroid dienone is 2. The molecule has 1 aliphatic rings. The summed E-state index contributed by atoms with van der Waals surface area (Å²) in [5.41, 5.74) is 2.44. The first kappa shape index (κ1) is 13.3.